The Morgan fingerprint density at radius 1 is 0.897 bits per heavy atom. The highest BCUT2D eigenvalue weighted by Gasteiger charge is 2.32. The van der Waals surface area contributed by atoms with Crippen LogP contribution in [-0.4, -0.2) is 35.7 Å². The van der Waals surface area contributed by atoms with Gasteiger partial charge in [0.1, 0.15) is 24.3 Å². The van der Waals surface area contributed by atoms with Gasteiger partial charge in [-0.15, -0.1) is 0 Å². The Bertz CT molecular complexity index is 680. The van der Waals surface area contributed by atoms with Crippen LogP contribution in [0.15, 0.2) is 30.3 Å². The smallest absolute Gasteiger partial charge is 0.408 e. The van der Waals surface area contributed by atoms with Crippen molar-refractivity contribution in [3.05, 3.63) is 35.9 Å². The molecule has 0 aliphatic carbocycles. The average molecular weight is 407 g/mol. The minimum absolute atomic E-state index is 0.128. The van der Waals surface area contributed by atoms with E-state index in [0.717, 1.165) is 5.56 Å². The molecule has 2 atom stereocenters. The van der Waals surface area contributed by atoms with Crippen LogP contribution >= 0.6 is 0 Å². The molecule has 0 spiro atoms. The molecule has 0 aliphatic rings. The van der Waals surface area contributed by atoms with Gasteiger partial charge in [-0.25, -0.2) is 9.59 Å². The van der Waals surface area contributed by atoms with E-state index in [4.69, 9.17) is 9.47 Å². The van der Waals surface area contributed by atoms with Crippen molar-refractivity contribution in [2.45, 2.75) is 72.8 Å². The number of hydrogen-bond acceptors (Lipinski definition) is 5. The number of benzene rings is 1. The third kappa shape index (κ3) is 8.98. The molecule has 1 aromatic carbocycles. The standard InChI is InChI=1S/C22H34N2O5/c1-14(2)17(24-21(27)29-22(5,6)7)19(25)23-18(15(3)4)20(26)28-13-16-11-9-8-10-12-16/h8-12,14-15,17-18H,13H2,1-7H3,(H,23,25)(H,24,27)/t17-,18+/m0/s1. The highest BCUT2D eigenvalue weighted by atomic mass is 16.6. The molecule has 0 radical (unpaired) electrons. The summed E-state index contributed by atoms with van der Waals surface area (Å²) in [6.07, 6.45) is -0.681. The number of nitrogens with one attached hydrogen (secondary N) is 2. The zero-order chi connectivity index (χ0) is 22.2. The van der Waals surface area contributed by atoms with E-state index in [2.05, 4.69) is 10.6 Å². The van der Waals surface area contributed by atoms with Crippen LogP contribution in [0, 0.1) is 11.8 Å². The number of carbonyl (C=O) groups is 3. The fourth-order valence-corrected chi connectivity index (χ4v) is 2.53. The van der Waals surface area contributed by atoms with Gasteiger partial charge in [0.15, 0.2) is 0 Å². The van der Waals surface area contributed by atoms with Crippen molar-refractivity contribution in [2.24, 2.45) is 11.8 Å². The van der Waals surface area contributed by atoms with Gasteiger partial charge in [0.05, 0.1) is 0 Å². The number of esters is 1. The van der Waals surface area contributed by atoms with Crippen molar-refractivity contribution >= 4 is 18.0 Å². The lowest BCUT2D eigenvalue weighted by Crippen LogP contribution is -2.55. The summed E-state index contributed by atoms with van der Waals surface area (Å²) in [5, 5.41) is 5.31. The Morgan fingerprint density at radius 3 is 1.93 bits per heavy atom. The average Bonchev–Trinajstić information content (AvgIpc) is 2.60. The molecule has 0 heterocycles. The molecule has 0 aromatic heterocycles. The third-order valence-electron chi connectivity index (χ3n) is 4.06. The summed E-state index contributed by atoms with van der Waals surface area (Å²) >= 11 is 0. The van der Waals surface area contributed by atoms with Gasteiger partial charge in [0.2, 0.25) is 5.91 Å². The molecule has 0 saturated carbocycles. The van der Waals surface area contributed by atoms with Gasteiger partial charge in [0, 0.05) is 0 Å². The molecule has 29 heavy (non-hydrogen) atoms. The van der Waals surface area contributed by atoms with E-state index in [9.17, 15) is 14.4 Å². The van der Waals surface area contributed by atoms with Gasteiger partial charge in [-0.3, -0.25) is 4.79 Å². The van der Waals surface area contributed by atoms with Gasteiger partial charge < -0.3 is 20.1 Å². The highest BCUT2D eigenvalue weighted by molar-refractivity contribution is 5.90. The number of carbonyl (C=O) groups excluding carboxylic acids is 3. The van der Waals surface area contributed by atoms with Gasteiger partial charge in [-0.05, 0) is 38.2 Å². The second kappa shape index (κ2) is 10.8. The maximum absolute atomic E-state index is 12.8. The molecule has 0 unspecified atom stereocenters. The van der Waals surface area contributed by atoms with Crippen LogP contribution in [0.4, 0.5) is 4.79 Å². The molecule has 7 nitrogen and oxygen atoms in total. The summed E-state index contributed by atoms with van der Waals surface area (Å²) in [5.41, 5.74) is 0.186. The van der Waals surface area contributed by atoms with Crippen LogP contribution in [0.3, 0.4) is 0 Å². The Hall–Kier alpha value is -2.57. The van der Waals surface area contributed by atoms with E-state index in [0.29, 0.717) is 0 Å². The maximum atomic E-state index is 12.8. The second-order valence-electron chi connectivity index (χ2n) is 8.69. The van der Waals surface area contributed by atoms with Crippen LogP contribution in [0.1, 0.15) is 54.0 Å². The summed E-state index contributed by atoms with van der Waals surface area (Å²) in [6, 6.07) is 7.65. The molecule has 2 N–H and O–H groups in total. The van der Waals surface area contributed by atoms with Crippen molar-refractivity contribution in [3.8, 4) is 0 Å². The van der Waals surface area contributed by atoms with Crippen LogP contribution < -0.4 is 10.6 Å². The zero-order valence-corrected chi connectivity index (χ0v) is 18.4. The number of alkyl carbamates (subject to hydrolysis) is 1. The molecular weight excluding hydrogens is 372 g/mol. The second-order valence-corrected chi connectivity index (χ2v) is 8.69. The van der Waals surface area contributed by atoms with E-state index >= 15 is 0 Å². The third-order valence-corrected chi connectivity index (χ3v) is 4.06. The van der Waals surface area contributed by atoms with Crippen LogP contribution in [0.5, 0.6) is 0 Å². The number of amides is 2. The van der Waals surface area contributed by atoms with Crippen molar-refractivity contribution in [3.63, 3.8) is 0 Å². The largest absolute Gasteiger partial charge is 0.459 e. The first-order valence-corrected chi connectivity index (χ1v) is 9.91. The van der Waals surface area contributed by atoms with Crippen molar-refractivity contribution in [1.29, 1.82) is 0 Å². The molecule has 0 fully saturated rings. The normalized spacial score (nSPS) is 13.6. The molecule has 2 amide bonds. The fraction of sp³-hybridized carbons (Fsp3) is 0.591. The predicted octanol–water partition coefficient (Wildman–Crippen LogP) is 3.42. The zero-order valence-electron chi connectivity index (χ0n) is 18.4. The van der Waals surface area contributed by atoms with Gasteiger partial charge >= 0.3 is 12.1 Å². The summed E-state index contributed by atoms with van der Waals surface area (Å²) in [7, 11) is 0. The van der Waals surface area contributed by atoms with E-state index in [-0.39, 0.29) is 18.4 Å². The van der Waals surface area contributed by atoms with Crippen LogP contribution in [0.25, 0.3) is 0 Å². The fourth-order valence-electron chi connectivity index (χ4n) is 2.53. The molecule has 0 saturated heterocycles. The SMILES string of the molecule is CC(C)[C@H](NC(=O)OC(C)(C)C)C(=O)N[C@@H](C(=O)OCc1ccccc1)C(C)C. The lowest BCUT2D eigenvalue weighted by Gasteiger charge is -2.27. The monoisotopic (exact) mass is 406 g/mol. The Balaban J connectivity index is 2.76. The molecule has 1 aromatic rings. The molecule has 1 rings (SSSR count). The van der Waals surface area contributed by atoms with E-state index < -0.39 is 35.7 Å². The quantitative estimate of drug-likeness (QED) is 0.645. The molecule has 0 aliphatic heterocycles. The van der Waals surface area contributed by atoms with E-state index in [1.54, 1.807) is 34.6 Å². The van der Waals surface area contributed by atoms with Crippen molar-refractivity contribution in [2.75, 3.05) is 0 Å². The lowest BCUT2D eigenvalue weighted by atomic mass is 10.0. The van der Waals surface area contributed by atoms with Gasteiger partial charge in [-0.2, -0.15) is 0 Å². The number of hydrogen-bond donors (Lipinski definition) is 2. The molecule has 7 heteroatoms. The first-order chi connectivity index (χ1) is 13.4. The topological polar surface area (TPSA) is 93.7 Å². The highest BCUT2D eigenvalue weighted by Crippen LogP contribution is 2.11. The van der Waals surface area contributed by atoms with E-state index in [1.165, 1.54) is 0 Å². The summed E-state index contributed by atoms with van der Waals surface area (Å²) in [6.45, 7) is 12.6. The maximum Gasteiger partial charge on any atom is 0.408 e. The molecule has 162 valence electrons. The minimum Gasteiger partial charge on any atom is -0.459 e. The Morgan fingerprint density at radius 2 is 1.45 bits per heavy atom. The predicted molar refractivity (Wildman–Crippen MR) is 111 cm³/mol. The summed E-state index contributed by atoms with van der Waals surface area (Å²) < 4.78 is 10.6. The first kappa shape index (κ1) is 24.5. The van der Waals surface area contributed by atoms with Gasteiger partial charge in [0.25, 0.3) is 0 Å². The summed E-state index contributed by atoms with van der Waals surface area (Å²) in [4.78, 5) is 37.4. The number of rotatable bonds is 8. The first-order valence-electron chi connectivity index (χ1n) is 9.91. The van der Waals surface area contributed by atoms with Crippen molar-refractivity contribution in [1.82, 2.24) is 10.6 Å². The minimum atomic E-state index is -0.840. The molecule has 0 bridgehead atoms. The number of ether oxygens (including phenoxy) is 2. The van der Waals surface area contributed by atoms with Crippen LogP contribution in [-0.2, 0) is 25.7 Å². The van der Waals surface area contributed by atoms with E-state index in [1.807, 2.05) is 44.2 Å². The van der Waals surface area contributed by atoms with Crippen LogP contribution in [0.2, 0.25) is 0 Å². The molecular formula is C22H34N2O5. The summed E-state index contributed by atoms with van der Waals surface area (Å²) in [5.74, 6) is -1.36. The van der Waals surface area contributed by atoms with Gasteiger partial charge in [-0.1, -0.05) is 58.0 Å². The van der Waals surface area contributed by atoms with Crippen molar-refractivity contribution < 1.29 is 23.9 Å². The lowest BCUT2D eigenvalue weighted by molar-refractivity contribution is -0.150. The Labute approximate surface area is 173 Å². The Kier molecular flexibility index (Phi) is 9.14.